The highest BCUT2D eigenvalue weighted by Crippen LogP contribution is 2.23. The normalized spacial score (nSPS) is 11.6. The molecule has 0 saturated heterocycles. The Balaban J connectivity index is 2.77. The zero-order valence-electron chi connectivity index (χ0n) is 12.3. The third-order valence-electron chi connectivity index (χ3n) is 2.69. The Bertz CT molecular complexity index is 504. The van der Waals surface area contributed by atoms with E-state index in [1.807, 2.05) is 0 Å². The predicted octanol–water partition coefficient (Wildman–Crippen LogP) is 0.585. The minimum absolute atomic E-state index is 0.175. The van der Waals surface area contributed by atoms with Gasteiger partial charge in [0, 0.05) is 19.3 Å². The van der Waals surface area contributed by atoms with Gasteiger partial charge in [0.2, 0.25) is 0 Å². The molecule has 0 aliphatic carbocycles. The highest BCUT2D eigenvalue weighted by Gasteiger charge is 2.19. The molecule has 116 valence electrons. The Hall–Kier alpha value is -2.28. The number of hydrogen-bond donors (Lipinski definition) is 2. The monoisotopic (exact) mass is 296 g/mol. The van der Waals surface area contributed by atoms with Crippen LogP contribution in [0.1, 0.15) is 17.3 Å². The second kappa shape index (κ2) is 8.11. The largest absolute Gasteiger partial charge is 0.480 e. The number of hydrogen-bond acceptors (Lipinski definition) is 6. The van der Waals surface area contributed by atoms with E-state index in [2.05, 4.69) is 10.1 Å². The number of rotatable bonds is 7. The first-order valence-electron chi connectivity index (χ1n) is 6.40. The molecule has 0 aliphatic rings. The number of benzene rings is 1. The van der Waals surface area contributed by atoms with Gasteiger partial charge in [0.15, 0.2) is 6.10 Å². The number of nitrogens with one attached hydrogen (secondary N) is 1. The lowest BCUT2D eigenvalue weighted by molar-refractivity contribution is -0.127. The van der Waals surface area contributed by atoms with Crippen molar-refractivity contribution in [1.82, 2.24) is 5.32 Å². The summed E-state index contributed by atoms with van der Waals surface area (Å²) in [6, 6.07) is 4.55. The fraction of sp³-hybridized carbons (Fsp3) is 0.429. The maximum absolute atomic E-state index is 11.8. The molecular weight excluding hydrogens is 276 g/mol. The van der Waals surface area contributed by atoms with Gasteiger partial charge in [-0.15, -0.1) is 0 Å². The molecule has 0 saturated carbocycles. The molecule has 0 bridgehead atoms. The van der Waals surface area contributed by atoms with E-state index in [0.717, 1.165) is 0 Å². The third kappa shape index (κ3) is 4.96. The summed E-state index contributed by atoms with van der Waals surface area (Å²) in [6.45, 7) is 2.38. The first-order valence-corrected chi connectivity index (χ1v) is 6.40. The molecule has 7 nitrogen and oxygen atoms in total. The van der Waals surface area contributed by atoms with Gasteiger partial charge in [-0.05, 0) is 25.1 Å². The molecule has 1 aromatic carbocycles. The van der Waals surface area contributed by atoms with Gasteiger partial charge in [0.1, 0.15) is 11.3 Å². The summed E-state index contributed by atoms with van der Waals surface area (Å²) < 4.78 is 15.0. The van der Waals surface area contributed by atoms with Crippen LogP contribution in [0.15, 0.2) is 18.2 Å². The van der Waals surface area contributed by atoms with Gasteiger partial charge < -0.3 is 25.3 Å². The molecule has 1 amide bonds. The van der Waals surface area contributed by atoms with Crippen molar-refractivity contribution in [3.8, 4) is 5.75 Å². The molecule has 1 atom stereocenters. The number of esters is 1. The number of nitrogens with two attached hydrogens (primary N) is 1. The van der Waals surface area contributed by atoms with Gasteiger partial charge in [-0.1, -0.05) is 0 Å². The van der Waals surface area contributed by atoms with Crippen molar-refractivity contribution in [1.29, 1.82) is 0 Å². The fourth-order valence-electron chi connectivity index (χ4n) is 1.58. The van der Waals surface area contributed by atoms with Crippen molar-refractivity contribution < 1.29 is 23.8 Å². The second-order valence-electron chi connectivity index (χ2n) is 4.29. The van der Waals surface area contributed by atoms with Gasteiger partial charge >= 0.3 is 5.97 Å². The molecule has 1 rings (SSSR count). The average molecular weight is 296 g/mol. The lowest BCUT2D eigenvalue weighted by atomic mass is 10.1. The number of carbonyl (C=O) groups is 2. The summed E-state index contributed by atoms with van der Waals surface area (Å²) in [5.74, 6) is -0.644. The number of methoxy groups -OCH3 is 2. The molecule has 0 radical (unpaired) electrons. The minimum atomic E-state index is -0.770. The second-order valence-corrected chi connectivity index (χ2v) is 4.29. The molecule has 0 spiro atoms. The summed E-state index contributed by atoms with van der Waals surface area (Å²) in [5, 5.41) is 2.65. The van der Waals surface area contributed by atoms with E-state index < -0.39 is 12.1 Å². The summed E-state index contributed by atoms with van der Waals surface area (Å²) in [5.41, 5.74) is 6.21. The third-order valence-corrected chi connectivity index (χ3v) is 2.69. The Morgan fingerprint density at radius 3 is 2.67 bits per heavy atom. The average Bonchev–Trinajstić information content (AvgIpc) is 2.48. The predicted molar refractivity (Wildman–Crippen MR) is 77.2 cm³/mol. The molecule has 1 unspecified atom stereocenters. The molecule has 0 fully saturated rings. The molecular formula is C14H20N2O5. The number of ether oxygens (including phenoxy) is 3. The van der Waals surface area contributed by atoms with Crippen LogP contribution in [0.3, 0.4) is 0 Å². The topological polar surface area (TPSA) is 99.9 Å². The Morgan fingerprint density at radius 2 is 2.05 bits per heavy atom. The molecule has 0 heterocycles. The quantitative estimate of drug-likeness (QED) is 0.434. The van der Waals surface area contributed by atoms with E-state index in [-0.39, 0.29) is 17.2 Å². The first kappa shape index (κ1) is 16.8. The first-order chi connectivity index (χ1) is 9.99. The number of amides is 1. The van der Waals surface area contributed by atoms with Crippen LogP contribution in [-0.2, 0) is 14.3 Å². The summed E-state index contributed by atoms with van der Waals surface area (Å²) in [4.78, 5) is 23.5. The maximum Gasteiger partial charge on any atom is 0.341 e. The van der Waals surface area contributed by atoms with Crippen molar-refractivity contribution in [2.45, 2.75) is 13.0 Å². The van der Waals surface area contributed by atoms with E-state index in [9.17, 15) is 9.59 Å². The van der Waals surface area contributed by atoms with Crippen LogP contribution in [0.4, 0.5) is 5.69 Å². The van der Waals surface area contributed by atoms with Crippen LogP contribution in [0.5, 0.6) is 5.75 Å². The molecule has 7 heteroatoms. The summed E-state index contributed by atoms with van der Waals surface area (Å²) in [7, 11) is 2.80. The van der Waals surface area contributed by atoms with E-state index >= 15 is 0 Å². The zero-order valence-corrected chi connectivity index (χ0v) is 12.3. The van der Waals surface area contributed by atoms with Gasteiger partial charge in [-0.3, -0.25) is 4.79 Å². The van der Waals surface area contributed by atoms with Crippen molar-refractivity contribution in [2.24, 2.45) is 0 Å². The standard InChI is InChI=1S/C14H20N2O5/c1-9(13(17)16-6-7-19-2)21-12-5-4-10(15)8-11(12)14(18)20-3/h4-5,8-9H,6-7,15H2,1-3H3,(H,16,17). The molecule has 0 aliphatic heterocycles. The Morgan fingerprint density at radius 1 is 1.33 bits per heavy atom. The van der Waals surface area contributed by atoms with Crippen molar-refractivity contribution in [3.05, 3.63) is 23.8 Å². The highest BCUT2D eigenvalue weighted by atomic mass is 16.5. The lowest BCUT2D eigenvalue weighted by Gasteiger charge is -2.16. The highest BCUT2D eigenvalue weighted by molar-refractivity contribution is 5.93. The molecule has 1 aromatic rings. The van der Waals surface area contributed by atoms with Gasteiger partial charge in [-0.2, -0.15) is 0 Å². The van der Waals surface area contributed by atoms with Gasteiger partial charge in [0.05, 0.1) is 13.7 Å². The molecule has 3 N–H and O–H groups in total. The van der Waals surface area contributed by atoms with Crippen LogP contribution < -0.4 is 15.8 Å². The fourth-order valence-corrected chi connectivity index (χ4v) is 1.58. The lowest BCUT2D eigenvalue weighted by Crippen LogP contribution is -2.38. The van der Waals surface area contributed by atoms with Crippen LogP contribution in [0, 0.1) is 0 Å². The summed E-state index contributed by atoms with van der Waals surface area (Å²) >= 11 is 0. The Kier molecular flexibility index (Phi) is 6.48. The zero-order chi connectivity index (χ0) is 15.8. The van der Waals surface area contributed by atoms with Crippen molar-refractivity contribution in [3.63, 3.8) is 0 Å². The van der Waals surface area contributed by atoms with E-state index in [0.29, 0.717) is 18.8 Å². The van der Waals surface area contributed by atoms with E-state index in [4.69, 9.17) is 15.2 Å². The van der Waals surface area contributed by atoms with Gasteiger partial charge in [-0.25, -0.2) is 4.79 Å². The summed E-state index contributed by atoms with van der Waals surface area (Å²) in [6.07, 6.45) is -0.770. The van der Waals surface area contributed by atoms with Crippen molar-refractivity contribution in [2.75, 3.05) is 33.1 Å². The smallest absolute Gasteiger partial charge is 0.341 e. The van der Waals surface area contributed by atoms with E-state index in [1.165, 1.54) is 19.2 Å². The van der Waals surface area contributed by atoms with E-state index in [1.54, 1.807) is 20.1 Å². The number of nitrogen functional groups attached to an aromatic ring is 1. The van der Waals surface area contributed by atoms with Crippen LogP contribution >= 0.6 is 0 Å². The van der Waals surface area contributed by atoms with Crippen LogP contribution in [-0.4, -0.2) is 45.4 Å². The number of carbonyl (C=O) groups excluding carboxylic acids is 2. The van der Waals surface area contributed by atoms with Gasteiger partial charge in [0.25, 0.3) is 5.91 Å². The molecule has 0 aromatic heterocycles. The van der Waals surface area contributed by atoms with Crippen LogP contribution in [0.25, 0.3) is 0 Å². The number of anilines is 1. The van der Waals surface area contributed by atoms with Crippen LogP contribution in [0.2, 0.25) is 0 Å². The Labute approximate surface area is 123 Å². The minimum Gasteiger partial charge on any atom is -0.480 e. The SMILES string of the molecule is COCCNC(=O)C(C)Oc1ccc(N)cc1C(=O)OC. The van der Waals surface area contributed by atoms with Crippen molar-refractivity contribution >= 4 is 17.6 Å². The maximum atomic E-state index is 11.8. The molecule has 21 heavy (non-hydrogen) atoms.